The standard InChI is InChI=1S/C14H10FN5O5S/c15-7-1-3-10-9(5-7)13(14(21)17-10)19-18-11-4-2-8(26(16,24)25)6-12(11)20(22)23/h1-6,17,21H,(H2,16,24,25). The number of benzene rings is 2. The number of nitrogens with two attached hydrogens (primary N) is 1. The van der Waals surface area contributed by atoms with Crippen LogP contribution < -0.4 is 5.14 Å². The van der Waals surface area contributed by atoms with E-state index >= 15 is 0 Å². The lowest BCUT2D eigenvalue weighted by molar-refractivity contribution is -0.384. The molecule has 0 saturated heterocycles. The minimum Gasteiger partial charge on any atom is -0.493 e. The Balaban J connectivity index is 2.11. The summed E-state index contributed by atoms with van der Waals surface area (Å²) in [5, 5.41) is 33.6. The molecule has 3 rings (SSSR count). The van der Waals surface area contributed by atoms with E-state index in [0.717, 1.165) is 24.3 Å². The van der Waals surface area contributed by atoms with E-state index in [1.807, 2.05) is 0 Å². The van der Waals surface area contributed by atoms with Crippen LogP contribution in [0.4, 0.5) is 21.5 Å². The van der Waals surface area contributed by atoms with Crippen LogP contribution in [-0.4, -0.2) is 23.4 Å². The molecule has 4 N–H and O–H groups in total. The maximum absolute atomic E-state index is 13.4. The average Bonchev–Trinajstić information content (AvgIpc) is 2.86. The Morgan fingerprint density at radius 2 is 1.92 bits per heavy atom. The monoisotopic (exact) mass is 379 g/mol. The number of aromatic amines is 1. The number of aromatic nitrogens is 1. The highest BCUT2D eigenvalue weighted by Crippen LogP contribution is 2.38. The van der Waals surface area contributed by atoms with E-state index in [1.165, 1.54) is 12.1 Å². The molecule has 3 aromatic rings. The zero-order chi connectivity index (χ0) is 19.1. The van der Waals surface area contributed by atoms with Gasteiger partial charge in [0.25, 0.3) is 5.69 Å². The van der Waals surface area contributed by atoms with Crippen molar-refractivity contribution in [2.45, 2.75) is 4.90 Å². The summed E-state index contributed by atoms with van der Waals surface area (Å²) in [6, 6.07) is 6.50. The van der Waals surface area contributed by atoms with Crippen molar-refractivity contribution in [2.75, 3.05) is 0 Å². The fraction of sp³-hybridized carbons (Fsp3) is 0. The maximum atomic E-state index is 13.4. The quantitative estimate of drug-likeness (QED) is 0.360. The summed E-state index contributed by atoms with van der Waals surface area (Å²) in [5.74, 6) is -0.977. The molecule has 0 radical (unpaired) electrons. The number of sulfonamides is 1. The fourth-order valence-electron chi connectivity index (χ4n) is 2.25. The Bertz CT molecular complexity index is 1170. The molecule has 0 aliphatic carbocycles. The highest BCUT2D eigenvalue weighted by atomic mass is 32.2. The van der Waals surface area contributed by atoms with Gasteiger partial charge in [0.1, 0.15) is 5.82 Å². The molecule has 2 aromatic carbocycles. The first-order valence-electron chi connectivity index (χ1n) is 6.90. The Labute approximate surface area is 145 Å². The van der Waals surface area contributed by atoms with Crippen LogP contribution in [0.25, 0.3) is 10.9 Å². The number of rotatable bonds is 4. The van der Waals surface area contributed by atoms with Crippen LogP contribution >= 0.6 is 0 Å². The second kappa shape index (κ2) is 6.16. The predicted molar refractivity (Wildman–Crippen MR) is 88.6 cm³/mol. The van der Waals surface area contributed by atoms with Gasteiger partial charge in [-0.1, -0.05) is 0 Å². The van der Waals surface area contributed by atoms with Gasteiger partial charge in [-0.2, -0.15) is 0 Å². The SMILES string of the molecule is NS(=O)(=O)c1ccc(N=Nc2c(O)[nH]c3ccc(F)cc23)c([N+](=O)[O-])c1. The number of halogens is 1. The molecule has 134 valence electrons. The molecule has 0 unspecified atom stereocenters. The van der Waals surface area contributed by atoms with Crippen molar-refractivity contribution in [1.82, 2.24) is 4.98 Å². The van der Waals surface area contributed by atoms with Gasteiger partial charge >= 0.3 is 0 Å². The van der Waals surface area contributed by atoms with Gasteiger partial charge in [-0.15, -0.1) is 10.2 Å². The molecule has 0 fully saturated rings. The molecule has 1 aromatic heterocycles. The maximum Gasteiger partial charge on any atom is 0.298 e. The lowest BCUT2D eigenvalue weighted by Crippen LogP contribution is -2.12. The number of nitro groups is 1. The smallest absolute Gasteiger partial charge is 0.298 e. The topological polar surface area (TPSA) is 164 Å². The number of hydrogen-bond donors (Lipinski definition) is 3. The van der Waals surface area contributed by atoms with E-state index in [0.29, 0.717) is 5.52 Å². The predicted octanol–water partition coefficient (Wildman–Crippen LogP) is 2.98. The van der Waals surface area contributed by atoms with Crippen molar-refractivity contribution in [2.24, 2.45) is 15.4 Å². The molecule has 0 aliphatic heterocycles. The first kappa shape index (κ1) is 17.4. The summed E-state index contributed by atoms with van der Waals surface area (Å²) < 4.78 is 36.0. The van der Waals surface area contributed by atoms with Crippen molar-refractivity contribution in [3.8, 4) is 5.88 Å². The van der Waals surface area contributed by atoms with Crippen LogP contribution in [0.3, 0.4) is 0 Å². The summed E-state index contributed by atoms with van der Waals surface area (Å²) in [6.07, 6.45) is 0. The number of aromatic hydroxyl groups is 1. The first-order valence-corrected chi connectivity index (χ1v) is 8.44. The molecule has 1 heterocycles. The van der Waals surface area contributed by atoms with Gasteiger partial charge in [0.2, 0.25) is 15.9 Å². The summed E-state index contributed by atoms with van der Waals surface area (Å²) in [6.45, 7) is 0. The van der Waals surface area contributed by atoms with E-state index in [-0.39, 0.29) is 16.8 Å². The molecule has 0 atom stereocenters. The van der Waals surface area contributed by atoms with Gasteiger partial charge in [-0.05, 0) is 30.3 Å². The van der Waals surface area contributed by atoms with E-state index < -0.39 is 37.2 Å². The van der Waals surface area contributed by atoms with Gasteiger partial charge in [0, 0.05) is 11.5 Å². The number of fused-ring (bicyclic) bond motifs is 1. The minimum atomic E-state index is -4.14. The molecule has 10 nitrogen and oxygen atoms in total. The largest absolute Gasteiger partial charge is 0.493 e. The van der Waals surface area contributed by atoms with E-state index in [4.69, 9.17) is 5.14 Å². The average molecular weight is 379 g/mol. The Kier molecular flexibility index (Phi) is 4.13. The number of nitrogens with one attached hydrogen (secondary N) is 1. The van der Waals surface area contributed by atoms with Crippen LogP contribution in [-0.2, 0) is 10.0 Å². The van der Waals surface area contributed by atoms with Gasteiger partial charge in [-0.3, -0.25) is 10.1 Å². The molecular weight excluding hydrogens is 369 g/mol. The van der Waals surface area contributed by atoms with Crippen molar-refractivity contribution < 1.29 is 22.8 Å². The zero-order valence-electron chi connectivity index (χ0n) is 12.7. The first-order chi connectivity index (χ1) is 12.2. The van der Waals surface area contributed by atoms with Crippen molar-refractivity contribution in [3.63, 3.8) is 0 Å². The van der Waals surface area contributed by atoms with Gasteiger partial charge in [-0.25, -0.2) is 17.9 Å². The van der Waals surface area contributed by atoms with E-state index in [1.54, 1.807) is 0 Å². The second-order valence-electron chi connectivity index (χ2n) is 5.16. The van der Waals surface area contributed by atoms with Gasteiger partial charge < -0.3 is 10.1 Å². The van der Waals surface area contributed by atoms with Crippen molar-refractivity contribution >= 4 is 38.0 Å². The molecule has 0 spiro atoms. The number of H-pyrrole nitrogens is 1. The number of primary sulfonamides is 1. The number of azo groups is 1. The van der Waals surface area contributed by atoms with Crippen LogP contribution in [0.5, 0.6) is 5.88 Å². The lowest BCUT2D eigenvalue weighted by atomic mass is 10.2. The van der Waals surface area contributed by atoms with E-state index in [2.05, 4.69) is 15.2 Å². The zero-order valence-corrected chi connectivity index (χ0v) is 13.6. The highest BCUT2D eigenvalue weighted by Gasteiger charge is 2.19. The van der Waals surface area contributed by atoms with Gasteiger partial charge in [0.15, 0.2) is 11.4 Å². The fourth-order valence-corrected chi connectivity index (χ4v) is 2.79. The van der Waals surface area contributed by atoms with Crippen LogP contribution in [0.15, 0.2) is 51.5 Å². The number of nitro benzene ring substituents is 1. The van der Waals surface area contributed by atoms with Crippen LogP contribution in [0, 0.1) is 15.9 Å². The third-order valence-corrected chi connectivity index (χ3v) is 4.35. The minimum absolute atomic E-state index is 0.121. The molecule has 0 amide bonds. The van der Waals surface area contributed by atoms with Gasteiger partial charge in [0.05, 0.1) is 15.3 Å². The molecule has 0 bridgehead atoms. The Morgan fingerprint density at radius 3 is 2.58 bits per heavy atom. The van der Waals surface area contributed by atoms with Crippen molar-refractivity contribution in [3.05, 3.63) is 52.3 Å². The molecule has 0 saturated carbocycles. The summed E-state index contributed by atoms with van der Waals surface area (Å²) in [7, 11) is -4.14. The molecule has 26 heavy (non-hydrogen) atoms. The number of hydrogen-bond acceptors (Lipinski definition) is 7. The Morgan fingerprint density at radius 1 is 1.19 bits per heavy atom. The number of nitrogens with zero attached hydrogens (tertiary/aromatic N) is 3. The third-order valence-electron chi connectivity index (χ3n) is 3.44. The van der Waals surface area contributed by atoms with Crippen LogP contribution in [0.1, 0.15) is 0 Å². The Hall–Kier alpha value is -3.38. The molecule has 12 heteroatoms. The summed E-state index contributed by atoms with van der Waals surface area (Å²) in [5.41, 5.74) is -0.653. The molecular formula is C14H10FN5O5S. The van der Waals surface area contributed by atoms with Crippen LogP contribution in [0.2, 0.25) is 0 Å². The summed E-state index contributed by atoms with van der Waals surface area (Å²) in [4.78, 5) is 12.4. The normalized spacial score (nSPS) is 12.1. The van der Waals surface area contributed by atoms with E-state index in [9.17, 15) is 28.0 Å². The lowest BCUT2D eigenvalue weighted by Gasteiger charge is -2.00. The summed E-state index contributed by atoms with van der Waals surface area (Å²) >= 11 is 0. The second-order valence-corrected chi connectivity index (χ2v) is 6.73. The molecule has 0 aliphatic rings. The van der Waals surface area contributed by atoms with Crippen molar-refractivity contribution in [1.29, 1.82) is 0 Å². The third kappa shape index (κ3) is 3.22. The highest BCUT2D eigenvalue weighted by molar-refractivity contribution is 7.89.